The molecule has 156 valence electrons. The normalized spacial score (nSPS) is 15.3. The van der Waals surface area contributed by atoms with Crippen molar-refractivity contribution in [3.8, 4) is 0 Å². The fourth-order valence-corrected chi connectivity index (χ4v) is 3.49. The number of rotatable bonds is 4. The first-order valence-electron chi connectivity index (χ1n) is 10.2. The quantitative estimate of drug-likeness (QED) is 0.493. The van der Waals surface area contributed by atoms with Gasteiger partial charge in [-0.25, -0.2) is 0 Å². The summed E-state index contributed by atoms with van der Waals surface area (Å²) in [7, 11) is 0. The van der Waals surface area contributed by atoms with Crippen molar-refractivity contribution in [3.63, 3.8) is 0 Å². The highest BCUT2D eigenvalue weighted by atomic mass is 16.1. The van der Waals surface area contributed by atoms with Gasteiger partial charge in [-0.05, 0) is 44.0 Å². The molecule has 0 bridgehead atoms. The molecule has 1 aliphatic rings. The first-order chi connectivity index (χ1) is 14.6. The van der Waals surface area contributed by atoms with E-state index in [2.05, 4.69) is 42.2 Å². The minimum Gasteiger partial charge on any atom is -0.398 e. The van der Waals surface area contributed by atoms with Crippen molar-refractivity contribution >= 4 is 18.3 Å². The summed E-state index contributed by atoms with van der Waals surface area (Å²) >= 11 is 0. The fourth-order valence-electron chi connectivity index (χ4n) is 3.49. The van der Waals surface area contributed by atoms with Crippen LogP contribution in [-0.4, -0.2) is 30.1 Å². The molecular formula is C26H30N2O2. The Morgan fingerprint density at radius 2 is 1.50 bits per heavy atom. The average Bonchev–Trinajstić information content (AvgIpc) is 3.21. The van der Waals surface area contributed by atoms with Crippen LogP contribution in [0.15, 0.2) is 84.9 Å². The maximum atomic E-state index is 12.0. The molecule has 0 spiro atoms. The molecule has 1 saturated heterocycles. The Bertz CT molecular complexity index is 897. The molecular weight excluding hydrogens is 372 g/mol. The van der Waals surface area contributed by atoms with Gasteiger partial charge in [-0.3, -0.25) is 9.69 Å². The van der Waals surface area contributed by atoms with E-state index in [1.165, 1.54) is 24.9 Å². The highest BCUT2D eigenvalue weighted by Gasteiger charge is 2.19. The maximum absolute atomic E-state index is 12.0. The number of para-hydroxylation sites is 1. The number of hydrogen-bond acceptors (Lipinski definition) is 4. The van der Waals surface area contributed by atoms with Crippen LogP contribution >= 0.6 is 0 Å². The minimum atomic E-state index is -0.0336. The molecule has 4 heteroatoms. The smallest absolute Gasteiger partial charge is 0.195 e. The Morgan fingerprint density at radius 3 is 2.07 bits per heavy atom. The van der Waals surface area contributed by atoms with Crippen LogP contribution in [0.2, 0.25) is 0 Å². The largest absolute Gasteiger partial charge is 0.398 e. The lowest BCUT2D eigenvalue weighted by Gasteiger charge is -2.20. The number of nitrogens with zero attached hydrogens (tertiary/aromatic N) is 1. The minimum absolute atomic E-state index is 0.0336. The molecule has 0 aliphatic carbocycles. The lowest BCUT2D eigenvalue weighted by Crippen LogP contribution is -2.25. The van der Waals surface area contributed by atoms with Crippen LogP contribution in [0.5, 0.6) is 0 Å². The van der Waals surface area contributed by atoms with Crippen molar-refractivity contribution < 1.29 is 9.59 Å². The van der Waals surface area contributed by atoms with E-state index in [0.717, 1.165) is 12.6 Å². The summed E-state index contributed by atoms with van der Waals surface area (Å²) in [6, 6.07) is 27.8. The molecule has 30 heavy (non-hydrogen) atoms. The highest BCUT2D eigenvalue weighted by Crippen LogP contribution is 2.19. The van der Waals surface area contributed by atoms with Crippen molar-refractivity contribution in [1.82, 2.24) is 4.90 Å². The number of hydrogen-bond donors (Lipinski definition) is 1. The van der Waals surface area contributed by atoms with Crippen LogP contribution in [0.3, 0.4) is 0 Å². The molecule has 0 amide bonds. The topological polar surface area (TPSA) is 63.4 Å². The zero-order chi connectivity index (χ0) is 21.8. The predicted molar refractivity (Wildman–Crippen MR) is 123 cm³/mol. The standard InChI is InChI=1S/C13H11NO.C12H17N.CH2O/c14-12-9-5-4-8-11(12)13(15)10-6-2-1-3-7-10;1-11-6-5-9-13(11)10-12-7-3-2-4-8-12;1-2/h1-9H,14H2;2-4,7-8,11H,5-6,9-10H2,1H3;1H2. The lowest BCUT2D eigenvalue weighted by atomic mass is 10.0. The van der Waals surface area contributed by atoms with E-state index < -0.39 is 0 Å². The number of anilines is 1. The summed E-state index contributed by atoms with van der Waals surface area (Å²) in [5, 5.41) is 0. The molecule has 1 unspecified atom stereocenters. The van der Waals surface area contributed by atoms with Gasteiger partial charge in [-0.2, -0.15) is 0 Å². The van der Waals surface area contributed by atoms with Gasteiger partial charge in [0.05, 0.1) is 0 Å². The van der Waals surface area contributed by atoms with Gasteiger partial charge < -0.3 is 10.5 Å². The molecule has 2 N–H and O–H groups in total. The number of carbonyl (C=O) groups is 2. The number of likely N-dealkylation sites (tertiary alicyclic amines) is 1. The van der Waals surface area contributed by atoms with Gasteiger partial charge in [0.1, 0.15) is 6.79 Å². The molecule has 0 radical (unpaired) electrons. The van der Waals surface area contributed by atoms with Crippen LogP contribution in [0.4, 0.5) is 5.69 Å². The van der Waals surface area contributed by atoms with E-state index in [-0.39, 0.29) is 5.78 Å². The summed E-state index contributed by atoms with van der Waals surface area (Å²) in [6.45, 7) is 6.73. The van der Waals surface area contributed by atoms with E-state index >= 15 is 0 Å². The van der Waals surface area contributed by atoms with Gasteiger partial charge in [0.2, 0.25) is 0 Å². The molecule has 3 aromatic rings. The third-order valence-electron chi connectivity index (χ3n) is 5.16. The van der Waals surface area contributed by atoms with E-state index in [9.17, 15) is 4.79 Å². The predicted octanol–water partition coefficient (Wildman–Crippen LogP) is 4.99. The molecule has 1 fully saturated rings. The first-order valence-corrected chi connectivity index (χ1v) is 10.2. The SMILES string of the molecule is C=O.CC1CCCN1Cc1ccccc1.Nc1ccccc1C(=O)c1ccccc1. The van der Waals surface area contributed by atoms with Crippen LogP contribution in [0.25, 0.3) is 0 Å². The van der Waals surface area contributed by atoms with Crippen LogP contribution < -0.4 is 5.73 Å². The van der Waals surface area contributed by atoms with E-state index in [4.69, 9.17) is 10.5 Å². The van der Waals surface area contributed by atoms with Crippen molar-refractivity contribution in [1.29, 1.82) is 0 Å². The zero-order valence-electron chi connectivity index (χ0n) is 17.5. The number of ketones is 1. The van der Waals surface area contributed by atoms with Gasteiger partial charge in [-0.1, -0.05) is 72.8 Å². The molecule has 4 rings (SSSR count). The van der Waals surface area contributed by atoms with Crippen molar-refractivity contribution in [3.05, 3.63) is 102 Å². The average molecular weight is 403 g/mol. The Labute approximate surface area is 179 Å². The van der Waals surface area contributed by atoms with Gasteiger partial charge in [0.25, 0.3) is 0 Å². The Hall–Kier alpha value is -3.24. The fraction of sp³-hybridized carbons (Fsp3) is 0.231. The Kier molecular flexibility index (Phi) is 9.49. The number of benzene rings is 3. The second kappa shape index (κ2) is 12.3. The molecule has 0 aromatic heterocycles. The molecule has 1 heterocycles. The Morgan fingerprint density at radius 1 is 0.933 bits per heavy atom. The summed E-state index contributed by atoms with van der Waals surface area (Å²) < 4.78 is 0. The second-order valence-electron chi connectivity index (χ2n) is 7.23. The molecule has 1 aliphatic heterocycles. The number of carbonyl (C=O) groups excluding carboxylic acids is 2. The van der Waals surface area contributed by atoms with E-state index in [1.54, 1.807) is 24.3 Å². The summed E-state index contributed by atoms with van der Waals surface area (Å²) in [5.74, 6) is -0.0336. The summed E-state index contributed by atoms with van der Waals surface area (Å²) in [5.41, 5.74) is 8.92. The second-order valence-corrected chi connectivity index (χ2v) is 7.23. The van der Waals surface area contributed by atoms with Crippen molar-refractivity contribution in [2.24, 2.45) is 0 Å². The van der Waals surface area contributed by atoms with Gasteiger partial charge >= 0.3 is 0 Å². The van der Waals surface area contributed by atoms with Crippen LogP contribution in [-0.2, 0) is 11.3 Å². The zero-order valence-corrected chi connectivity index (χ0v) is 17.5. The highest BCUT2D eigenvalue weighted by molar-refractivity contribution is 6.11. The first kappa shape index (κ1) is 23.0. The van der Waals surface area contributed by atoms with Gasteiger partial charge in [0, 0.05) is 29.4 Å². The van der Waals surface area contributed by atoms with Gasteiger partial charge in [0.15, 0.2) is 5.78 Å². The van der Waals surface area contributed by atoms with Crippen LogP contribution in [0, 0.1) is 0 Å². The van der Waals surface area contributed by atoms with Crippen molar-refractivity contribution in [2.75, 3.05) is 12.3 Å². The molecule has 0 saturated carbocycles. The number of nitrogens with two attached hydrogens (primary N) is 1. The van der Waals surface area contributed by atoms with E-state index in [1.807, 2.05) is 37.1 Å². The third-order valence-corrected chi connectivity index (χ3v) is 5.16. The third kappa shape index (κ3) is 6.68. The lowest BCUT2D eigenvalue weighted by molar-refractivity contribution is -0.0980. The van der Waals surface area contributed by atoms with Crippen molar-refractivity contribution in [2.45, 2.75) is 32.4 Å². The number of nitrogen functional groups attached to an aromatic ring is 1. The molecule has 3 aromatic carbocycles. The summed E-state index contributed by atoms with van der Waals surface area (Å²) in [4.78, 5) is 22.6. The summed E-state index contributed by atoms with van der Waals surface area (Å²) in [6.07, 6.45) is 2.74. The van der Waals surface area contributed by atoms with E-state index in [0.29, 0.717) is 16.8 Å². The van der Waals surface area contributed by atoms with Gasteiger partial charge in [-0.15, -0.1) is 0 Å². The Balaban J connectivity index is 0.000000199. The maximum Gasteiger partial charge on any atom is 0.195 e. The van der Waals surface area contributed by atoms with Crippen LogP contribution in [0.1, 0.15) is 41.3 Å². The monoisotopic (exact) mass is 402 g/mol. The molecule has 1 atom stereocenters. The molecule has 4 nitrogen and oxygen atoms in total.